The number of carbonyl (C=O) groups excluding carboxylic acids is 1. The van der Waals surface area contributed by atoms with Gasteiger partial charge in [0.1, 0.15) is 29.0 Å². The number of aliphatic hydroxyl groups is 2. The molecule has 4 aromatic carbocycles. The van der Waals surface area contributed by atoms with Gasteiger partial charge in [-0.15, -0.1) is 0 Å². The van der Waals surface area contributed by atoms with Crippen LogP contribution in [0.1, 0.15) is 70.6 Å². The second-order valence-corrected chi connectivity index (χ2v) is 14.9. The highest BCUT2D eigenvalue weighted by Gasteiger charge is 2.38. The summed E-state index contributed by atoms with van der Waals surface area (Å²) in [6, 6.07) is 27.2. The van der Waals surface area contributed by atoms with Gasteiger partial charge in [0.15, 0.2) is 17.3 Å². The third-order valence-electron chi connectivity index (χ3n) is 10.9. The number of phenolic OH excluding ortho intramolecular Hbond substituents is 1. The lowest BCUT2D eigenvalue weighted by atomic mass is 9.90. The van der Waals surface area contributed by atoms with Crippen LogP contribution in [0, 0.1) is 0 Å². The third-order valence-corrected chi connectivity index (χ3v) is 10.9. The Hall–Kier alpha value is -5.75. The number of nitrogens with one attached hydrogen (secondary N) is 2. The van der Waals surface area contributed by atoms with Gasteiger partial charge in [-0.25, -0.2) is 0 Å². The zero-order valence-electron chi connectivity index (χ0n) is 33.9. The highest BCUT2D eigenvalue weighted by atomic mass is 16.5. The zero-order chi connectivity index (χ0) is 41.1. The summed E-state index contributed by atoms with van der Waals surface area (Å²) < 4.78 is 25.6. The molecule has 0 bridgehead atoms. The summed E-state index contributed by atoms with van der Waals surface area (Å²) in [4.78, 5) is 20.5. The van der Waals surface area contributed by atoms with Crippen molar-refractivity contribution >= 4 is 17.7 Å². The standard InChI is InChI=1S/C48H55N3O8/c1-3-36-30-40(48(50-36)51-24-22-49-23-25-51)35-12-7-11-33(29-35)14-20-39-44-43(41(55)31-42(59-44)34-15-18-37(53)19-16-34)46(47(56-2)45(39)57-27-8-26-52)58-28-21-38(54)17-13-32-9-5-4-6-10-32/h4-7,9-13,15-19,29-30,38,42,49-50,52-54H,3,8,14,20-28,31H2,1-2H3/b17-13+/t38-,42?/m0/s1. The maximum absolute atomic E-state index is 14.4. The van der Waals surface area contributed by atoms with Gasteiger partial charge in [0, 0.05) is 62.4 Å². The number of fused-ring (bicyclic) bond motifs is 1. The Morgan fingerprint density at radius 2 is 1.71 bits per heavy atom. The first kappa shape index (κ1) is 41.4. The van der Waals surface area contributed by atoms with Crippen molar-refractivity contribution < 1.29 is 39.1 Å². The van der Waals surface area contributed by atoms with Gasteiger partial charge in [-0.05, 0) is 59.7 Å². The van der Waals surface area contributed by atoms with Crippen molar-refractivity contribution in [3.05, 3.63) is 125 Å². The second kappa shape index (κ2) is 19.8. The molecule has 0 spiro atoms. The van der Waals surface area contributed by atoms with Crippen LogP contribution in [0.3, 0.4) is 0 Å². The molecule has 5 aromatic rings. The lowest BCUT2D eigenvalue weighted by molar-refractivity contribution is 0.0835. The van der Waals surface area contributed by atoms with Crippen molar-refractivity contribution in [1.29, 1.82) is 0 Å². The van der Waals surface area contributed by atoms with Gasteiger partial charge in [0.05, 0.1) is 32.8 Å². The van der Waals surface area contributed by atoms with E-state index in [-0.39, 0.29) is 61.3 Å². The van der Waals surface area contributed by atoms with Gasteiger partial charge < -0.3 is 49.5 Å². The quantitative estimate of drug-likeness (QED) is 0.0567. The molecule has 2 atom stereocenters. The molecular formula is C48H55N3O8. The number of rotatable bonds is 18. The number of anilines is 1. The van der Waals surface area contributed by atoms with E-state index in [4.69, 9.17) is 18.9 Å². The van der Waals surface area contributed by atoms with Crippen LogP contribution in [-0.4, -0.2) is 85.3 Å². The van der Waals surface area contributed by atoms with Crippen LogP contribution in [0.5, 0.6) is 28.7 Å². The number of ketones is 1. The van der Waals surface area contributed by atoms with Gasteiger partial charge in [-0.3, -0.25) is 4.79 Å². The highest BCUT2D eigenvalue weighted by Crippen LogP contribution is 2.53. The van der Waals surface area contributed by atoms with E-state index in [2.05, 4.69) is 52.5 Å². The number of ether oxygens (including phenoxy) is 4. The largest absolute Gasteiger partial charge is 0.508 e. The molecule has 0 amide bonds. The van der Waals surface area contributed by atoms with Gasteiger partial charge in [-0.2, -0.15) is 0 Å². The van der Waals surface area contributed by atoms with Gasteiger partial charge in [0.25, 0.3) is 0 Å². The van der Waals surface area contributed by atoms with Crippen molar-refractivity contribution in [2.24, 2.45) is 0 Å². The number of hydrogen-bond acceptors (Lipinski definition) is 10. The molecule has 2 aliphatic rings. The van der Waals surface area contributed by atoms with E-state index >= 15 is 0 Å². The number of nitrogens with zero attached hydrogens (tertiary/aromatic N) is 1. The Bertz CT molecular complexity index is 2190. The first-order chi connectivity index (χ1) is 28.9. The van der Waals surface area contributed by atoms with Crippen molar-refractivity contribution in [1.82, 2.24) is 10.3 Å². The number of benzene rings is 4. The van der Waals surface area contributed by atoms with E-state index in [1.54, 1.807) is 30.3 Å². The molecule has 11 nitrogen and oxygen atoms in total. The van der Waals surface area contributed by atoms with E-state index in [1.807, 2.05) is 36.4 Å². The smallest absolute Gasteiger partial charge is 0.204 e. The fourth-order valence-electron chi connectivity index (χ4n) is 7.74. The minimum absolute atomic E-state index is 0.0394. The zero-order valence-corrected chi connectivity index (χ0v) is 33.9. The molecule has 1 aromatic heterocycles. The molecule has 11 heteroatoms. The van der Waals surface area contributed by atoms with Crippen LogP contribution in [0.15, 0.2) is 91.0 Å². The number of Topliss-reactive ketones (excluding diaryl/α,β-unsaturated/α-hetero) is 1. The molecule has 1 unspecified atom stereocenters. The maximum Gasteiger partial charge on any atom is 0.204 e. The molecule has 1 fully saturated rings. The topological polar surface area (TPSA) is 146 Å². The van der Waals surface area contributed by atoms with Crippen LogP contribution < -0.4 is 29.2 Å². The molecule has 5 N–H and O–H groups in total. The summed E-state index contributed by atoms with van der Waals surface area (Å²) in [5, 5.41) is 34.0. The van der Waals surface area contributed by atoms with Crippen molar-refractivity contribution in [3.8, 4) is 39.9 Å². The molecule has 2 aliphatic heterocycles. The number of H-pyrrole nitrogens is 1. The van der Waals surface area contributed by atoms with Crippen molar-refractivity contribution in [3.63, 3.8) is 0 Å². The van der Waals surface area contributed by atoms with Gasteiger partial charge in [-0.1, -0.05) is 85.8 Å². The Balaban J connectivity index is 1.24. The minimum Gasteiger partial charge on any atom is -0.508 e. The highest BCUT2D eigenvalue weighted by molar-refractivity contribution is 6.04. The third kappa shape index (κ3) is 9.93. The number of aromatic nitrogens is 1. The Morgan fingerprint density at radius 3 is 2.46 bits per heavy atom. The Morgan fingerprint density at radius 1 is 0.932 bits per heavy atom. The lowest BCUT2D eigenvalue weighted by Crippen LogP contribution is -2.43. The van der Waals surface area contributed by atoms with Crippen molar-refractivity contribution in [2.45, 2.75) is 57.7 Å². The molecule has 7 rings (SSSR count). The predicted octanol–water partition coefficient (Wildman–Crippen LogP) is 7.46. The summed E-state index contributed by atoms with van der Waals surface area (Å²) in [5.74, 6) is 2.27. The van der Waals surface area contributed by atoms with Crippen LogP contribution in [0.25, 0.3) is 17.2 Å². The number of aromatic hydroxyl groups is 1. The fourth-order valence-corrected chi connectivity index (χ4v) is 7.74. The number of carbonyl (C=O) groups is 1. The van der Waals surface area contributed by atoms with Gasteiger partial charge >= 0.3 is 0 Å². The summed E-state index contributed by atoms with van der Waals surface area (Å²) in [6.45, 7) is 6.09. The summed E-state index contributed by atoms with van der Waals surface area (Å²) in [6.07, 6.45) is 4.75. The number of aromatic amines is 1. The molecule has 0 saturated carbocycles. The average Bonchev–Trinajstić information content (AvgIpc) is 3.71. The predicted molar refractivity (Wildman–Crippen MR) is 230 cm³/mol. The lowest BCUT2D eigenvalue weighted by Gasteiger charge is -2.31. The van der Waals surface area contributed by atoms with Crippen LogP contribution in [-0.2, 0) is 19.3 Å². The number of hydrogen-bond donors (Lipinski definition) is 5. The summed E-state index contributed by atoms with van der Waals surface area (Å²) >= 11 is 0. The van der Waals surface area contributed by atoms with E-state index in [1.165, 1.54) is 18.4 Å². The van der Waals surface area contributed by atoms with E-state index in [0.717, 1.165) is 60.7 Å². The summed E-state index contributed by atoms with van der Waals surface area (Å²) in [5.41, 5.74) is 7.21. The number of aliphatic hydroxyl groups excluding tert-OH is 2. The van der Waals surface area contributed by atoms with Crippen LogP contribution >= 0.6 is 0 Å². The van der Waals surface area contributed by atoms with E-state index < -0.39 is 12.2 Å². The Labute approximate surface area is 346 Å². The maximum atomic E-state index is 14.4. The number of methoxy groups -OCH3 is 1. The molecule has 3 heterocycles. The average molecular weight is 802 g/mol. The molecule has 0 aliphatic carbocycles. The monoisotopic (exact) mass is 801 g/mol. The molecule has 0 radical (unpaired) electrons. The molecule has 59 heavy (non-hydrogen) atoms. The minimum atomic E-state index is -0.800. The second-order valence-electron chi connectivity index (χ2n) is 14.9. The van der Waals surface area contributed by atoms with E-state index in [9.17, 15) is 20.1 Å². The first-order valence-electron chi connectivity index (χ1n) is 20.7. The normalized spacial score (nSPS) is 15.8. The summed E-state index contributed by atoms with van der Waals surface area (Å²) in [7, 11) is 1.52. The van der Waals surface area contributed by atoms with Crippen LogP contribution in [0.4, 0.5) is 5.82 Å². The number of aryl methyl sites for hydroxylation is 2. The molecule has 310 valence electrons. The number of phenols is 1. The van der Waals surface area contributed by atoms with Crippen LogP contribution in [0.2, 0.25) is 0 Å². The molecule has 1 saturated heterocycles. The van der Waals surface area contributed by atoms with Gasteiger partial charge in [0.2, 0.25) is 5.75 Å². The Kier molecular flexibility index (Phi) is 13.9. The van der Waals surface area contributed by atoms with Crippen molar-refractivity contribution in [2.75, 3.05) is 58.0 Å². The van der Waals surface area contributed by atoms with E-state index in [0.29, 0.717) is 36.3 Å². The first-order valence-corrected chi connectivity index (χ1v) is 20.7. The molecular weight excluding hydrogens is 747 g/mol. The fraction of sp³-hybridized carbons (Fsp3) is 0.354. The number of piperazine rings is 1. The SMILES string of the molecule is CCc1cc(-c2cccc(CCc3c(OCCCO)c(OC)c(OCC[C@@H](O)/C=C/c4ccccc4)c4c3OC(c3ccc(O)cc3)CC4=O)c2)c(N2CCNCC2)[nH]1.